The molecular formula is C26H46OS2. The van der Waals surface area contributed by atoms with Gasteiger partial charge in [0.2, 0.25) is 0 Å². The van der Waals surface area contributed by atoms with Crippen LogP contribution >= 0.6 is 23.5 Å². The van der Waals surface area contributed by atoms with Crippen LogP contribution in [0.4, 0.5) is 0 Å². The summed E-state index contributed by atoms with van der Waals surface area (Å²) in [7, 11) is 0. The van der Waals surface area contributed by atoms with E-state index in [-0.39, 0.29) is 0 Å². The maximum Gasteiger partial charge on any atom is 0.119 e. The van der Waals surface area contributed by atoms with E-state index >= 15 is 0 Å². The Balaban J connectivity index is 2.33. The van der Waals surface area contributed by atoms with Crippen LogP contribution in [0.1, 0.15) is 115 Å². The van der Waals surface area contributed by atoms with Gasteiger partial charge in [0.25, 0.3) is 0 Å². The molecular weight excluding hydrogens is 392 g/mol. The maximum atomic E-state index is 10.4. The molecule has 1 aromatic rings. The summed E-state index contributed by atoms with van der Waals surface area (Å²) in [5.41, 5.74) is 3.90. The normalized spacial score (nSPS) is 11.3. The van der Waals surface area contributed by atoms with Gasteiger partial charge < -0.3 is 5.11 Å². The smallest absolute Gasteiger partial charge is 0.119 e. The summed E-state index contributed by atoms with van der Waals surface area (Å²) >= 11 is 4.05. The molecule has 0 saturated carbocycles. The van der Waals surface area contributed by atoms with Crippen LogP contribution < -0.4 is 0 Å². The van der Waals surface area contributed by atoms with E-state index in [4.69, 9.17) is 0 Å². The third-order valence-corrected chi connectivity index (χ3v) is 7.77. The van der Waals surface area contributed by atoms with Crippen molar-refractivity contribution in [1.82, 2.24) is 0 Å². The molecule has 168 valence electrons. The lowest BCUT2D eigenvalue weighted by molar-refractivity contribution is 0.469. The van der Waals surface area contributed by atoms with Gasteiger partial charge in [0, 0.05) is 17.1 Å². The van der Waals surface area contributed by atoms with Gasteiger partial charge in [-0.1, -0.05) is 91.0 Å². The van der Waals surface area contributed by atoms with Crippen molar-refractivity contribution >= 4 is 23.5 Å². The van der Waals surface area contributed by atoms with Crippen LogP contribution in [0.25, 0.3) is 0 Å². The summed E-state index contributed by atoms with van der Waals surface area (Å²) in [6, 6.07) is 4.32. The van der Waals surface area contributed by atoms with E-state index in [9.17, 15) is 5.11 Å². The van der Waals surface area contributed by atoms with Crippen molar-refractivity contribution in [2.75, 3.05) is 11.5 Å². The molecule has 0 fully saturated rings. The summed E-state index contributed by atoms with van der Waals surface area (Å²) in [6.45, 7) is 6.75. The van der Waals surface area contributed by atoms with Crippen molar-refractivity contribution in [2.24, 2.45) is 0 Å². The average molecular weight is 439 g/mol. The van der Waals surface area contributed by atoms with Crippen LogP contribution in [-0.4, -0.2) is 16.6 Å². The molecule has 0 aromatic heterocycles. The number of phenols is 1. The standard InChI is InChI=1S/C26H46OS2/c1-4-7-9-11-13-15-17-28-21-24-19-25(26(27)20-23(24)6-3)22-29-18-16-14-12-10-8-5-2/h19-20,27H,4-18,21-22H2,1-3H3. The van der Waals surface area contributed by atoms with Crippen LogP contribution in [-0.2, 0) is 17.9 Å². The minimum Gasteiger partial charge on any atom is -0.508 e. The van der Waals surface area contributed by atoms with Crippen molar-refractivity contribution in [3.63, 3.8) is 0 Å². The second kappa shape index (κ2) is 18.5. The lowest BCUT2D eigenvalue weighted by atomic mass is 10.0. The summed E-state index contributed by atoms with van der Waals surface area (Å²) < 4.78 is 0. The zero-order valence-corrected chi connectivity index (χ0v) is 21.1. The van der Waals surface area contributed by atoms with Gasteiger partial charge in [0.05, 0.1) is 0 Å². The Kier molecular flexibility index (Phi) is 17.1. The monoisotopic (exact) mass is 438 g/mol. The molecule has 0 radical (unpaired) electrons. The lowest BCUT2D eigenvalue weighted by Gasteiger charge is -2.13. The van der Waals surface area contributed by atoms with Crippen LogP contribution in [0.2, 0.25) is 0 Å². The Morgan fingerprint density at radius 2 is 1.07 bits per heavy atom. The molecule has 0 unspecified atom stereocenters. The maximum absolute atomic E-state index is 10.4. The molecule has 0 saturated heterocycles. The van der Waals surface area contributed by atoms with E-state index in [2.05, 4.69) is 38.6 Å². The highest BCUT2D eigenvalue weighted by Crippen LogP contribution is 2.29. The van der Waals surface area contributed by atoms with Crippen molar-refractivity contribution < 1.29 is 5.11 Å². The number of rotatable bonds is 19. The molecule has 3 heteroatoms. The number of unbranched alkanes of at least 4 members (excludes halogenated alkanes) is 10. The highest BCUT2D eigenvalue weighted by molar-refractivity contribution is 7.98. The summed E-state index contributed by atoms with van der Waals surface area (Å²) in [4.78, 5) is 0. The molecule has 1 N–H and O–H groups in total. The predicted octanol–water partition coefficient (Wildman–Crippen LogP) is 9.14. The fourth-order valence-corrected chi connectivity index (χ4v) is 5.68. The zero-order chi connectivity index (χ0) is 21.2. The summed E-state index contributed by atoms with van der Waals surface area (Å²) in [5.74, 6) is 5.01. The fourth-order valence-electron chi connectivity index (χ4n) is 3.64. The van der Waals surface area contributed by atoms with Gasteiger partial charge in [-0.2, -0.15) is 23.5 Å². The van der Waals surface area contributed by atoms with Crippen molar-refractivity contribution in [1.29, 1.82) is 0 Å². The number of aryl methyl sites for hydroxylation is 1. The number of hydrogen-bond donors (Lipinski definition) is 1. The van der Waals surface area contributed by atoms with Crippen LogP contribution in [0.15, 0.2) is 12.1 Å². The Morgan fingerprint density at radius 1 is 0.586 bits per heavy atom. The van der Waals surface area contributed by atoms with E-state index < -0.39 is 0 Å². The molecule has 0 amide bonds. The van der Waals surface area contributed by atoms with Gasteiger partial charge in [-0.3, -0.25) is 0 Å². The van der Waals surface area contributed by atoms with Gasteiger partial charge in [0.1, 0.15) is 5.75 Å². The fraction of sp³-hybridized carbons (Fsp3) is 0.769. The third kappa shape index (κ3) is 12.9. The van der Waals surface area contributed by atoms with Crippen LogP contribution in [0.3, 0.4) is 0 Å². The Labute approximate surface area is 190 Å². The highest BCUT2D eigenvalue weighted by atomic mass is 32.2. The highest BCUT2D eigenvalue weighted by Gasteiger charge is 2.09. The van der Waals surface area contributed by atoms with Crippen molar-refractivity contribution in [3.8, 4) is 5.75 Å². The largest absolute Gasteiger partial charge is 0.508 e. The van der Waals surface area contributed by atoms with E-state index in [0.29, 0.717) is 5.75 Å². The number of hydrogen-bond acceptors (Lipinski definition) is 3. The average Bonchev–Trinajstić information content (AvgIpc) is 2.73. The molecule has 0 aliphatic heterocycles. The SMILES string of the molecule is CCCCCCCCSCc1cc(CSCCCCCCCC)c(CC)cc1O. The molecule has 1 rings (SSSR count). The lowest BCUT2D eigenvalue weighted by Crippen LogP contribution is -1.96. The molecule has 0 heterocycles. The molecule has 0 aliphatic rings. The molecule has 0 atom stereocenters. The number of benzene rings is 1. The zero-order valence-electron chi connectivity index (χ0n) is 19.4. The summed E-state index contributed by atoms with van der Waals surface area (Å²) in [5, 5.41) is 10.4. The summed E-state index contributed by atoms with van der Waals surface area (Å²) in [6.07, 6.45) is 17.4. The molecule has 0 aliphatic carbocycles. The minimum atomic E-state index is 0.502. The van der Waals surface area contributed by atoms with Crippen LogP contribution in [0.5, 0.6) is 5.75 Å². The van der Waals surface area contributed by atoms with E-state index in [1.807, 2.05) is 17.8 Å². The van der Waals surface area contributed by atoms with Crippen molar-refractivity contribution in [3.05, 3.63) is 28.8 Å². The first kappa shape index (κ1) is 26.8. The van der Waals surface area contributed by atoms with Gasteiger partial charge in [-0.05, 0) is 48.0 Å². The van der Waals surface area contributed by atoms with Gasteiger partial charge >= 0.3 is 0 Å². The van der Waals surface area contributed by atoms with Crippen molar-refractivity contribution in [2.45, 2.75) is 116 Å². The number of aromatic hydroxyl groups is 1. The first-order valence-electron chi connectivity index (χ1n) is 12.2. The quantitative estimate of drug-likeness (QED) is 0.217. The van der Waals surface area contributed by atoms with Gasteiger partial charge in [-0.25, -0.2) is 0 Å². The van der Waals surface area contributed by atoms with Crippen LogP contribution in [0, 0.1) is 0 Å². The Hall–Kier alpha value is -0.280. The second-order valence-corrected chi connectivity index (χ2v) is 10.5. The minimum absolute atomic E-state index is 0.502. The van der Waals surface area contributed by atoms with Gasteiger partial charge in [0.15, 0.2) is 0 Å². The Morgan fingerprint density at radius 3 is 1.59 bits per heavy atom. The van der Waals surface area contributed by atoms with E-state index in [0.717, 1.165) is 23.5 Å². The molecule has 29 heavy (non-hydrogen) atoms. The van der Waals surface area contributed by atoms with Gasteiger partial charge in [-0.15, -0.1) is 0 Å². The second-order valence-electron chi connectivity index (χ2n) is 8.24. The predicted molar refractivity (Wildman–Crippen MR) is 137 cm³/mol. The first-order chi connectivity index (χ1) is 14.2. The molecule has 1 aromatic carbocycles. The number of phenolic OH excluding ortho intramolecular Hbond substituents is 1. The molecule has 0 bridgehead atoms. The molecule has 0 spiro atoms. The topological polar surface area (TPSA) is 20.2 Å². The number of thioether (sulfide) groups is 2. The van der Waals surface area contributed by atoms with E-state index in [1.54, 1.807) is 0 Å². The molecule has 1 nitrogen and oxygen atoms in total. The third-order valence-electron chi connectivity index (χ3n) is 5.58. The Bertz CT molecular complexity index is 516. The van der Waals surface area contributed by atoms with E-state index in [1.165, 1.54) is 99.7 Å². The first-order valence-corrected chi connectivity index (χ1v) is 14.5.